The molecule has 1 fully saturated rings. The van der Waals surface area contributed by atoms with Crippen molar-refractivity contribution >= 4 is 39.7 Å². The lowest BCUT2D eigenvalue weighted by atomic mass is 10.0. The van der Waals surface area contributed by atoms with E-state index in [1.165, 1.54) is 0 Å². The molecule has 0 aliphatic carbocycles. The molecule has 3 aromatic rings. The molecule has 4 nitrogen and oxygen atoms in total. The Balaban J connectivity index is 0.00000210. The Labute approximate surface area is 170 Å². The molecule has 6 heteroatoms. The number of pyridine rings is 1. The minimum atomic E-state index is 0. The van der Waals surface area contributed by atoms with Crippen LogP contribution < -0.4 is 5.32 Å². The van der Waals surface area contributed by atoms with Crippen LogP contribution in [0.2, 0.25) is 0 Å². The Bertz CT molecular complexity index is 875. The molecule has 3 heterocycles. The fraction of sp³-hybridized carbons (Fsp3) is 0.333. The predicted octanol–water partition coefficient (Wildman–Crippen LogP) is 4.50. The van der Waals surface area contributed by atoms with Crippen LogP contribution in [0.1, 0.15) is 35.3 Å². The maximum atomic E-state index is 13.5. The van der Waals surface area contributed by atoms with Crippen LogP contribution in [-0.4, -0.2) is 34.9 Å². The maximum absolute atomic E-state index is 13.5. The van der Waals surface area contributed by atoms with Crippen LogP contribution in [0.3, 0.4) is 0 Å². The van der Waals surface area contributed by atoms with E-state index in [4.69, 9.17) is 0 Å². The number of benzene rings is 1. The monoisotopic (exact) mass is 401 g/mol. The van der Waals surface area contributed by atoms with Gasteiger partial charge in [-0.15, -0.1) is 23.7 Å². The zero-order valence-electron chi connectivity index (χ0n) is 15.1. The van der Waals surface area contributed by atoms with Gasteiger partial charge in [0.15, 0.2) is 0 Å². The maximum Gasteiger partial charge on any atom is 0.255 e. The molecule has 1 unspecified atom stereocenters. The third kappa shape index (κ3) is 4.49. The summed E-state index contributed by atoms with van der Waals surface area (Å²) >= 11 is 1.64. The average molecular weight is 402 g/mol. The lowest BCUT2D eigenvalue weighted by Gasteiger charge is -2.31. The summed E-state index contributed by atoms with van der Waals surface area (Å²) in [5, 5.41) is 6.51. The van der Waals surface area contributed by atoms with Crippen LogP contribution in [0.5, 0.6) is 0 Å². The van der Waals surface area contributed by atoms with Crippen LogP contribution in [0.4, 0.5) is 0 Å². The van der Waals surface area contributed by atoms with E-state index in [0.29, 0.717) is 6.54 Å². The van der Waals surface area contributed by atoms with E-state index in [0.717, 1.165) is 53.7 Å². The number of carbonyl (C=O) groups is 1. The second kappa shape index (κ2) is 9.31. The number of thiophene rings is 1. The zero-order valence-corrected chi connectivity index (χ0v) is 16.8. The van der Waals surface area contributed by atoms with Crippen molar-refractivity contribution in [2.45, 2.75) is 31.8 Å². The number of aromatic nitrogens is 1. The Hall–Kier alpha value is -1.95. The van der Waals surface area contributed by atoms with Crippen molar-refractivity contribution in [1.29, 1.82) is 0 Å². The standard InChI is InChI=1S/C21H23N3OS.ClH/c25-21(19-15-26-20-9-2-1-8-18(19)20)24(14-16-6-3-4-12-23-16)17-7-5-11-22-13-10-17;/h1-4,6,8-9,12,15,17,22H,5,7,10-11,13-14H2;1H. The summed E-state index contributed by atoms with van der Waals surface area (Å²) in [5.74, 6) is 0.125. The second-order valence-corrected chi connectivity index (χ2v) is 7.65. The van der Waals surface area contributed by atoms with Crippen LogP contribution in [0.25, 0.3) is 10.1 Å². The molecule has 2 aromatic heterocycles. The van der Waals surface area contributed by atoms with E-state index in [1.54, 1.807) is 17.5 Å². The first-order valence-electron chi connectivity index (χ1n) is 9.21. The number of hydrogen-bond acceptors (Lipinski definition) is 4. The molecule has 0 spiro atoms. The number of hydrogen-bond donors (Lipinski definition) is 1. The highest BCUT2D eigenvalue weighted by molar-refractivity contribution is 7.17. The summed E-state index contributed by atoms with van der Waals surface area (Å²) in [7, 11) is 0. The van der Waals surface area contributed by atoms with Crippen molar-refractivity contribution in [3.63, 3.8) is 0 Å². The summed E-state index contributed by atoms with van der Waals surface area (Å²) < 4.78 is 1.16. The van der Waals surface area contributed by atoms with Gasteiger partial charge < -0.3 is 10.2 Å². The summed E-state index contributed by atoms with van der Waals surface area (Å²) in [6.45, 7) is 2.55. The van der Waals surface area contributed by atoms with E-state index in [1.807, 2.05) is 46.7 Å². The van der Waals surface area contributed by atoms with Gasteiger partial charge in [-0.05, 0) is 50.6 Å². The molecule has 27 heavy (non-hydrogen) atoms. The fourth-order valence-electron chi connectivity index (χ4n) is 3.64. The number of nitrogens with zero attached hydrogens (tertiary/aromatic N) is 2. The Morgan fingerprint density at radius 2 is 2.00 bits per heavy atom. The number of halogens is 1. The number of amides is 1. The van der Waals surface area contributed by atoms with E-state index >= 15 is 0 Å². The van der Waals surface area contributed by atoms with Gasteiger partial charge >= 0.3 is 0 Å². The van der Waals surface area contributed by atoms with Gasteiger partial charge in [-0.25, -0.2) is 0 Å². The lowest BCUT2D eigenvalue weighted by molar-refractivity contribution is 0.0645. The summed E-state index contributed by atoms with van der Waals surface area (Å²) in [6.07, 6.45) is 4.92. The number of fused-ring (bicyclic) bond motifs is 1. The smallest absolute Gasteiger partial charge is 0.255 e. The first kappa shape index (κ1) is 19.8. The molecule has 1 saturated heterocycles. The Morgan fingerprint density at radius 1 is 1.15 bits per heavy atom. The molecule has 1 aliphatic heterocycles. The van der Waals surface area contributed by atoms with Crippen molar-refractivity contribution < 1.29 is 4.79 Å². The van der Waals surface area contributed by atoms with Gasteiger partial charge in [0.25, 0.3) is 5.91 Å². The molecule has 1 atom stereocenters. The zero-order chi connectivity index (χ0) is 17.8. The minimum Gasteiger partial charge on any atom is -0.330 e. The van der Waals surface area contributed by atoms with Gasteiger partial charge in [-0.2, -0.15) is 0 Å². The molecule has 142 valence electrons. The van der Waals surface area contributed by atoms with Crippen molar-refractivity contribution in [3.8, 4) is 0 Å². The SMILES string of the molecule is Cl.O=C(c1csc2ccccc12)N(Cc1ccccn1)C1CCCNCC1. The van der Waals surface area contributed by atoms with Crippen LogP contribution in [0, 0.1) is 0 Å². The average Bonchev–Trinajstić information content (AvgIpc) is 2.93. The molecule has 4 rings (SSSR count). The van der Waals surface area contributed by atoms with E-state index in [-0.39, 0.29) is 24.4 Å². The molecule has 1 amide bonds. The van der Waals surface area contributed by atoms with Gasteiger partial charge in [0.05, 0.1) is 17.8 Å². The van der Waals surface area contributed by atoms with Crippen molar-refractivity contribution in [3.05, 3.63) is 65.3 Å². The first-order chi connectivity index (χ1) is 12.8. The largest absolute Gasteiger partial charge is 0.330 e. The number of rotatable bonds is 4. The molecule has 0 saturated carbocycles. The van der Waals surface area contributed by atoms with E-state index < -0.39 is 0 Å². The summed E-state index contributed by atoms with van der Waals surface area (Å²) in [4.78, 5) is 20.0. The molecular formula is C21H24ClN3OS. The van der Waals surface area contributed by atoms with Crippen LogP contribution in [0.15, 0.2) is 54.0 Å². The molecular weight excluding hydrogens is 378 g/mol. The Kier molecular flexibility index (Phi) is 6.83. The topological polar surface area (TPSA) is 45.2 Å². The second-order valence-electron chi connectivity index (χ2n) is 6.73. The van der Waals surface area contributed by atoms with E-state index in [2.05, 4.69) is 16.4 Å². The van der Waals surface area contributed by atoms with Crippen LogP contribution >= 0.6 is 23.7 Å². The first-order valence-corrected chi connectivity index (χ1v) is 10.1. The highest BCUT2D eigenvalue weighted by Crippen LogP contribution is 2.28. The Morgan fingerprint density at radius 3 is 2.85 bits per heavy atom. The van der Waals surface area contributed by atoms with Gasteiger partial charge in [0.1, 0.15) is 0 Å². The quantitative estimate of drug-likeness (QED) is 0.699. The van der Waals surface area contributed by atoms with Crippen molar-refractivity contribution in [2.24, 2.45) is 0 Å². The molecule has 0 bridgehead atoms. The van der Waals surface area contributed by atoms with Gasteiger partial charge in [0.2, 0.25) is 0 Å². The third-order valence-corrected chi connectivity index (χ3v) is 5.98. The summed E-state index contributed by atoms with van der Waals surface area (Å²) in [6, 6.07) is 14.3. The molecule has 1 N–H and O–H groups in total. The highest BCUT2D eigenvalue weighted by Gasteiger charge is 2.27. The minimum absolute atomic E-state index is 0. The van der Waals surface area contributed by atoms with Gasteiger partial charge in [-0.1, -0.05) is 24.3 Å². The normalized spacial score (nSPS) is 17.1. The molecule has 1 aromatic carbocycles. The molecule has 0 radical (unpaired) electrons. The van der Waals surface area contributed by atoms with Gasteiger partial charge in [0, 0.05) is 27.7 Å². The summed E-state index contributed by atoms with van der Waals surface area (Å²) in [5.41, 5.74) is 1.76. The van der Waals surface area contributed by atoms with Crippen LogP contribution in [-0.2, 0) is 6.54 Å². The van der Waals surface area contributed by atoms with Crippen molar-refractivity contribution in [2.75, 3.05) is 13.1 Å². The lowest BCUT2D eigenvalue weighted by Crippen LogP contribution is -2.40. The highest BCUT2D eigenvalue weighted by atomic mass is 35.5. The molecule has 1 aliphatic rings. The third-order valence-electron chi connectivity index (χ3n) is 5.02. The van der Waals surface area contributed by atoms with Crippen molar-refractivity contribution in [1.82, 2.24) is 15.2 Å². The predicted molar refractivity (Wildman–Crippen MR) is 114 cm³/mol. The van der Waals surface area contributed by atoms with E-state index in [9.17, 15) is 4.79 Å². The van der Waals surface area contributed by atoms with Gasteiger partial charge in [-0.3, -0.25) is 9.78 Å². The number of carbonyl (C=O) groups excluding carboxylic acids is 1. The fourth-order valence-corrected chi connectivity index (χ4v) is 4.58. The number of nitrogens with one attached hydrogen (secondary N) is 1.